The zero-order valence-corrected chi connectivity index (χ0v) is 13.8. The number of fused-ring (bicyclic) bond motifs is 3. The van der Waals surface area contributed by atoms with Gasteiger partial charge in [-0.1, -0.05) is 30.3 Å². The number of phenolic OH excluding ortho intramolecular Hbond substituents is 1. The molecular weight excluding hydrogens is 330 g/mol. The van der Waals surface area contributed by atoms with E-state index in [1.165, 1.54) is 11.3 Å². The third-order valence-electron chi connectivity index (χ3n) is 4.31. The summed E-state index contributed by atoms with van der Waals surface area (Å²) in [5, 5.41) is 14.0. The highest BCUT2D eigenvalue weighted by Gasteiger charge is 2.35. The molecule has 0 fully saturated rings. The van der Waals surface area contributed by atoms with E-state index < -0.39 is 0 Å². The van der Waals surface area contributed by atoms with E-state index in [2.05, 4.69) is 0 Å². The highest BCUT2D eigenvalue weighted by atomic mass is 35.5. The van der Waals surface area contributed by atoms with Gasteiger partial charge in [0.2, 0.25) is 0 Å². The number of halogens is 1. The number of anilines is 1. The molecule has 1 amide bonds. The Bertz CT molecular complexity index is 891. The van der Waals surface area contributed by atoms with Crippen molar-refractivity contribution < 1.29 is 9.90 Å². The SMILES string of the molecule is O=C(c1cccs1)N1CC(CCl)c2c1cc(O)c1ccccc21. The summed E-state index contributed by atoms with van der Waals surface area (Å²) in [6.45, 7) is 0.545. The Morgan fingerprint density at radius 3 is 2.74 bits per heavy atom. The Morgan fingerprint density at radius 1 is 1.26 bits per heavy atom. The maximum absolute atomic E-state index is 12.8. The first-order chi connectivity index (χ1) is 11.2. The van der Waals surface area contributed by atoms with Crippen molar-refractivity contribution in [2.75, 3.05) is 17.3 Å². The lowest BCUT2D eigenvalue weighted by Gasteiger charge is -2.17. The Hall–Kier alpha value is -2.04. The van der Waals surface area contributed by atoms with Gasteiger partial charge < -0.3 is 10.0 Å². The molecule has 1 N–H and O–H groups in total. The van der Waals surface area contributed by atoms with Crippen LogP contribution >= 0.6 is 22.9 Å². The summed E-state index contributed by atoms with van der Waals surface area (Å²) in [5.41, 5.74) is 1.82. The zero-order chi connectivity index (χ0) is 16.0. The molecule has 1 aromatic heterocycles. The number of carbonyl (C=O) groups is 1. The molecule has 0 radical (unpaired) electrons. The number of benzene rings is 2. The Labute approximate surface area is 142 Å². The molecule has 23 heavy (non-hydrogen) atoms. The van der Waals surface area contributed by atoms with Gasteiger partial charge in [0.25, 0.3) is 5.91 Å². The molecule has 0 bridgehead atoms. The van der Waals surface area contributed by atoms with E-state index in [9.17, 15) is 9.90 Å². The number of aromatic hydroxyl groups is 1. The van der Waals surface area contributed by atoms with E-state index in [0.29, 0.717) is 17.3 Å². The predicted octanol–water partition coefficient (Wildman–Crippen LogP) is 4.59. The molecule has 2 heterocycles. The van der Waals surface area contributed by atoms with Crippen molar-refractivity contribution in [3.05, 3.63) is 58.3 Å². The maximum atomic E-state index is 12.8. The lowest BCUT2D eigenvalue weighted by atomic mass is 9.95. The first-order valence-electron chi connectivity index (χ1n) is 7.36. The van der Waals surface area contributed by atoms with Crippen molar-refractivity contribution in [2.24, 2.45) is 0 Å². The topological polar surface area (TPSA) is 40.5 Å². The van der Waals surface area contributed by atoms with Crippen LogP contribution in [0.2, 0.25) is 0 Å². The van der Waals surface area contributed by atoms with Crippen molar-refractivity contribution >= 4 is 45.3 Å². The molecule has 4 rings (SSSR count). The van der Waals surface area contributed by atoms with Gasteiger partial charge in [0.1, 0.15) is 5.75 Å². The van der Waals surface area contributed by atoms with Gasteiger partial charge in [-0.2, -0.15) is 0 Å². The van der Waals surface area contributed by atoms with Crippen molar-refractivity contribution in [1.29, 1.82) is 0 Å². The number of rotatable bonds is 2. The molecule has 1 unspecified atom stereocenters. The van der Waals surface area contributed by atoms with Gasteiger partial charge in [0.05, 0.1) is 10.6 Å². The smallest absolute Gasteiger partial charge is 0.268 e. The van der Waals surface area contributed by atoms with Gasteiger partial charge in [-0.15, -0.1) is 22.9 Å². The van der Waals surface area contributed by atoms with Crippen molar-refractivity contribution in [3.63, 3.8) is 0 Å². The van der Waals surface area contributed by atoms with Gasteiger partial charge in [0.15, 0.2) is 0 Å². The summed E-state index contributed by atoms with van der Waals surface area (Å²) in [6, 6.07) is 13.1. The van der Waals surface area contributed by atoms with Gasteiger partial charge >= 0.3 is 0 Å². The third-order valence-corrected chi connectivity index (χ3v) is 5.54. The van der Waals surface area contributed by atoms with E-state index in [0.717, 1.165) is 22.0 Å². The quantitative estimate of drug-likeness (QED) is 0.691. The minimum Gasteiger partial charge on any atom is -0.507 e. The second-order valence-corrected chi connectivity index (χ2v) is 6.87. The van der Waals surface area contributed by atoms with E-state index in [4.69, 9.17) is 11.6 Å². The van der Waals surface area contributed by atoms with Crippen LogP contribution in [0.15, 0.2) is 47.8 Å². The molecule has 1 aliphatic rings. The highest BCUT2D eigenvalue weighted by molar-refractivity contribution is 7.12. The third kappa shape index (κ3) is 2.21. The van der Waals surface area contributed by atoms with Gasteiger partial charge in [-0.3, -0.25) is 4.79 Å². The van der Waals surface area contributed by atoms with Crippen molar-refractivity contribution in [3.8, 4) is 5.75 Å². The summed E-state index contributed by atoms with van der Waals surface area (Å²) >= 11 is 7.60. The van der Waals surface area contributed by atoms with Crippen LogP contribution in [0.4, 0.5) is 5.69 Å². The van der Waals surface area contributed by atoms with E-state index >= 15 is 0 Å². The fraction of sp³-hybridized carbons (Fsp3) is 0.167. The highest BCUT2D eigenvalue weighted by Crippen LogP contribution is 2.45. The van der Waals surface area contributed by atoms with Crippen LogP contribution in [-0.4, -0.2) is 23.4 Å². The van der Waals surface area contributed by atoms with Crippen LogP contribution in [0.5, 0.6) is 5.75 Å². The second kappa shape index (κ2) is 5.55. The van der Waals surface area contributed by atoms with Crippen molar-refractivity contribution in [1.82, 2.24) is 0 Å². The molecule has 2 aromatic carbocycles. The second-order valence-electron chi connectivity index (χ2n) is 5.62. The predicted molar refractivity (Wildman–Crippen MR) is 95.1 cm³/mol. The number of thiophene rings is 1. The van der Waals surface area contributed by atoms with Gasteiger partial charge in [-0.05, 0) is 22.4 Å². The molecule has 0 saturated carbocycles. The summed E-state index contributed by atoms with van der Waals surface area (Å²) in [6.07, 6.45) is 0. The minimum atomic E-state index is -0.0384. The summed E-state index contributed by atoms with van der Waals surface area (Å²) in [4.78, 5) is 15.2. The average Bonchev–Trinajstić information content (AvgIpc) is 3.22. The Morgan fingerprint density at radius 2 is 2.04 bits per heavy atom. The molecule has 3 aromatic rings. The molecular formula is C18H14ClNO2S. The fourth-order valence-corrected chi connectivity index (χ4v) is 4.20. The fourth-order valence-electron chi connectivity index (χ4n) is 3.28. The average molecular weight is 344 g/mol. The number of hydrogen-bond donors (Lipinski definition) is 1. The first-order valence-corrected chi connectivity index (χ1v) is 8.78. The lowest BCUT2D eigenvalue weighted by molar-refractivity contribution is 0.0992. The number of carbonyl (C=O) groups excluding carboxylic acids is 1. The largest absolute Gasteiger partial charge is 0.507 e. The van der Waals surface area contributed by atoms with Crippen LogP contribution < -0.4 is 4.90 Å². The van der Waals surface area contributed by atoms with Crippen LogP contribution in [-0.2, 0) is 0 Å². The van der Waals surface area contributed by atoms with Crippen LogP contribution in [0, 0.1) is 0 Å². The lowest BCUT2D eigenvalue weighted by Crippen LogP contribution is -2.29. The van der Waals surface area contributed by atoms with Gasteiger partial charge in [-0.25, -0.2) is 0 Å². The molecule has 3 nitrogen and oxygen atoms in total. The Kier molecular flexibility index (Phi) is 3.51. The number of phenols is 1. The molecule has 0 spiro atoms. The Balaban J connectivity index is 1.92. The monoisotopic (exact) mass is 343 g/mol. The number of nitrogens with zero attached hydrogens (tertiary/aromatic N) is 1. The van der Waals surface area contributed by atoms with Crippen LogP contribution in [0.1, 0.15) is 21.2 Å². The maximum Gasteiger partial charge on any atom is 0.268 e. The van der Waals surface area contributed by atoms with Crippen LogP contribution in [0.25, 0.3) is 10.8 Å². The summed E-state index contributed by atoms with van der Waals surface area (Å²) in [5.74, 6) is 0.666. The number of hydrogen-bond acceptors (Lipinski definition) is 3. The van der Waals surface area contributed by atoms with Gasteiger partial charge in [0, 0.05) is 29.8 Å². The molecule has 0 saturated heterocycles. The van der Waals surface area contributed by atoms with E-state index in [-0.39, 0.29) is 17.6 Å². The standard InChI is InChI=1S/C18H14ClNO2S/c19-9-11-10-20(18(22)16-6-3-7-23-16)14-8-15(21)12-4-1-2-5-13(12)17(11)14/h1-8,11,21H,9-10H2. The normalized spacial score (nSPS) is 16.7. The molecule has 0 aliphatic carbocycles. The van der Waals surface area contributed by atoms with Crippen molar-refractivity contribution in [2.45, 2.75) is 5.92 Å². The molecule has 116 valence electrons. The molecule has 1 atom stereocenters. The zero-order valence-electron chi connectivity index (χ0n) is 12.2. The van der Waals surface area contributed by atoms with E-state index in [1.54, 1.807) is 11.0 Å². The number of amides is 1. The van der Waals surface area contributed by atoms with Crippen LogP contribution in [0.3, 0.4) is 0 Å². The minimum absolute atomic E-state index is 0.0384. The summed E-state index contributed by atoms with van der Waals surface area (Å²) in [7, 11) is 0. The summed E-state index contributed by atoms with van der Waals surface area (Å²) < 4.78 is 0. The molecule has 5 heteroatoms. The molecule has 1 aliphatic heterocycles. The van der Waals surface area contributed by atoms with E-state index in [1.807, 2.05) is 41.8 Å². The number of alkyl halides is 1. The first kappa shape index (κ1) is 14.5.